The van der Waals surface area contributed by atoms with Crippen LogP contribution in [-0.4, -0.2) is 12.6 Å². The standard InChI is InChI=1S/C16H28O2/c1-3-5-7-9-10-11-12-14-16(17)18-15-13-8-6-4-2/h4,6,8,13H,3,5,7,9-12,14-15H2,1-2H3/b6-4+,13-8+. The molecule has 0 saturated carbocycles. The lowest BCUT2D eigenvalue weighted by Gasteiger charge is -2.02. The lowest BCUT2D eigenvalue weighted by molar-refractivity contribution is -0.142. The molecule has 0 rings (SSSR count). The van der Waals surface area contributed by atoms with Gasteiger partial charge in [-0.05, 0) is 19.4 Å². The molecule has 0 bridgehead atoms. The van der Waals surface area contributed by atoms with Gasteiger partial charge < -0.3 is 4.74 Å². The average molecular weight is 252 g/mol. The summed E-state index contributed by atoms with van der Waals surface area (Å²) in [6, 6.07) is 0. The molecule has 0 aromatic carbocycles. The first-order chi connectivity index (χ1) is 8.81. The smallest absolute Gasteiger partial charge is 0.306 e. The summed E-state index contributed by atoms with van der Waals surface area (Å²) in [5.41, 5.74) is 0. The first-order valence-corrected chi connectivity index (χ1v) is 7.24. The molecule has 0 aromatic rings. The van der Waals surface area contributed by atoms with Crippen LogP contribution in [0, 0.1) is 0 Å². The highest BCUT2D eigenvalue weighted by atomic mass is 16.5. The van der Waals surface area contributed by atoms with Crippen molar-refractivity contribution in [3.63, 3.8) is 0 Å². The molecule has 0 fully saturated rings. The van der Waals surface area contributed by atoms with Crippen LogP contribution in [0.4, 0.5) is 0 Å². The highest BCUT2D eigenvalue weighted by Gasteiger charge is 2.00. The lowest BCUT2D eigenvalue weighted by Crippen LogP contribution is -2.03. The lowest BCUT2D eigenvalue weighted by atomic mass is 10.1. The molecule has 0 heterocycles. The van der Waals surface area contributed by atoms with E-state index in [0.29, 0.717) is 13.0 Å². The fourth-order valence-electron chi connectivity index (χ4n) is 1.68. The number of carbonyl (C=O) groups excluding carboxylic acids is 1. The van der Waals surface area contributed by atoms with Crippen LogP contribution in [0.2, 0.25) is 0 Å². The van der Waals surface area contributed by atoms with Crippen molar-refractivity contribution < 1.29 is 9.53 Å². The molecule has 0 aliphatic rings. The molecular formula is C16H28O2. The molecule has 0 spiro atoms. The van der Waals surface area contributed by atoms with Crippen LogP contribution in [0.5, 0.6) is 0 Å². The van der Waals surface area contributed by atoms with Crippen molar-refractivity contribution in [2.75, 3.05) is 6.61 Å². The van der Waals surface area contributed by atoms with E-state index in [1.807, 2.05) is 31.2 Å². The SMILES string of the molecule is C/C=C/C=C/COC(=O)CCCCCCCCC. The fourth-order valence-corrected chi connectivity index (χ4v) is 1.68. The summed E-state index contributed by atoms with van der Waals surface area (Å²) >= 11 is 0. The van der Waals surface area contributed by atoms with Crippen LogP contribution in [-0.2, 0) is 9.53 Å². The van der Waals surface area contributed by atoms with Crippen LogP contribution in [0.25, 0.3) is 0 Å². The van der Waals surface area contributed by atoms with Crippen LogP contribution >= 0.6 is 0 Å². The minimum Gasteiger partial charge on any atom is -0.461 e. The van der Waals surface area contributed by atoms with Gasteiger partial charge in [0.15, 0.2) is 0 Å². The molecule has 0 atom stereocenters. The summed E-state index contributed by atoms with van der Waals surface area (Å²) in [7, 11) is 0. The topological polar surface area (TPSA) is 26.3 Å². The highest BCUT2D eigenvalue weighted by molar-refractivity contribution is 5.69. The first-order valence-electron chi connectivity index (χ1n) is 7.24. The Labute approximate surface area is 112 Å². The van der Waals surface area contributed by atoms with Crippen molar-refractivity contribution in [3.8, 4) is 0 Å². The van der Waals surface area contributed by atoms with Crippen LogP contribution in [0.15, 0.2) is 24.3 Å². The van der Waals surface area contributed by atoms with E-state index in [9.17, 15) is 4.79 Å². The zero-order chi connectivity index (χ0) is 13.5. The van der Waals surface area contributed by atoms with Gasteiger partial charge in [-0.25, -0.2) is 0 Å². The van der Waals surface area contributed by atoms with E-state index in [-0.39, 0.29) is 5.97 Å². The van der Waals surface area contributed by atoms with Gasteiger partial charge >= 0.3 is 5.97 Å². The van der Waals surface area contributed by atoms with Crippen LogP contribution < -0.4 is 0 Å². The predicted molar refractivity (Wildman–Crippen MR) is 77.5 cm³/mol. The van der Waals surface area contributed by atoms with Gasteiger partial charge in [-0.15, -0.1) is 0 Å². The molecular weight excluding hydrogens is 224 g/mol. The Morgan fingerprint density at radius 1 is 1.00 bits per heavy atom. The van der Waals surface area contributed by atoms with Crippen LogP contribution in [0.1, 0.15) is 65.2 Å². The van der Waals surface area contributed by atoms with E-state index in [1.54, 1.807) is 0 Å². The number of rotatable bonds is 11. The normalized spacial score (nSPS) is 11.4. The zero-order valence-electron chi connectivity index (χ0n) is 12.0. The molecule has 0 N–H and O–H groups in total. The van der Waals surface area contributed by atoms with E-state index >= 15 is 0 Å². The number of ether oxygens (including phenoxy) is 1. The Morgan fingerprint density at radius 3 is 2.33 bits per heavy atom. The van der Waals surface area contributed by atoms with E-state index in [0.717, 1.165) is 12.8 Å². The third kappa shape index (κ3) is 13.0. The Bertz CT molecular complexity index is 241. The second kappa shape index (κ2) is 14.0. The maximum absolute atomic E-state index is 11.3. The van der Waals surface area contributed by atoms with Gasteiger partial charge in [0.05, 0.1) is 0 Å². The summed E-state index contributed by atoms with van der Waals surface area (Å²) in [6.45, 7) is 4.57. The van der Waals surface area contributed by atoms with E-state index in [4.69, 9.17) is 4.74 Å². The second-order valence-corrected chi connectivity index (χ2v) is 4.51. The summed E-state index contributed by atoms with van der Waals surface area (Å²) in [6.07, 6.45) is 16.8. The van der Waals surface area contributed by atoms with Gasteiger partial charge in [0, 0.05) is 6.42 Å². The fraction of sp³-hybridized carbons (Fsp3) is 0.688. The zero-order valence-corrected chi connectivity index (χ0v) is 12.0. The van der Waals surface area contributed by atoms with Gasteiger partial charge in [-0.1, -0.05) is 63.7 Å². The molecule has 104 valence electrons. The molecule has 2 heteroatoms. The monoisotopic (exact) mass is 252 g/mol. The molecule has 0 unspecified atom stereocenters. The maximum atomic E-state index is 11.3. The number of allylic oxidation sites excluding steroid dienone is 3. The first kappa shape index (κ1) is 16.9. The molecule has 0 aromatic heterocycles. The Hall–Kier alpha value is -1.05. The number of hydrogen-bond donors (Lipinski definition) is 0. The summed E-state index contributed by atoms with van der Waals surface area (Å²) < 4.78 is 5.07. The minimum absolute atomic E-state index is 0.0753. The quantitative estimate of drug-likeness (QED) is 0.300. The summed E-state index contributed by atoms with van der Waals surface area (Å²) in [5.74, 6) is -0.0753. The molecule has 0 amide bonds. The van der Waals surface area contributed by atoms with Gasteiger partial charge in [-0.3, -0.25) is 4.79 Å². The second-order valence-electron chi connectivity index (χ2n) is 4.51. The summed E-state index contributed by atoms with van der Waals surface area (Å²) in [4.78, 5) is 11.3. The van der Waals surface area contributed by atoms with Crippen LogP contribution in [0.3, 0.4) is 0 Å². The average Bonchev–Trinajstić information content (AvgIpc) is 2.37. The van der Waals surface area contributed by atoms with Gasteiger partial charge in [-0.2, -0.15) is 0 Å². The number of esters is 1. The van der Waals surface area contributed by atoms with Gasteiger partial charge in [0.1, 0.15) is 6.61 Å². The Kier molecular flexibility index (Phi) is 13.2. The molecule has 0 saturated heterocycles. The van der Waals surface area contributed by atoms with E-state index in [2.05, 4.69) is 6.92 Å². The summed E-state index contributed by atoms with van der Waals surface area (Å²) in [5, 5.41) is 0. The third-order valence-electron chi connectivity index (χ3n) is 2.76. The molecule has 0 aliphatic carbocycles. The Morgan fingerprint density at radius 2 is 1.67 bits per heavy atom. The van der Waals surface area contributed by atoms with Crippen molar-refractivity contribution in [2.24, 2.45) is 0 Å². The number of unbranched alkanes of at least 4 members (excludes halogenated alkanes) is 6. The van der Waals surface area contributed by atoms with Crippen molar-refractivity contribution in [1.29, 1.82) is 0 Å². The minimum atomic E-state index is -0.0753. The molecule has 0 radical (unpaired) electrons. The van der Waals surface area contributed by atoms with Crippen molar-refractivity contribution in [1.82, 2.24) is 0 Å². The van der Waals surface area contributed by atoms with E-state index in [1.165, 1.54) is 32.1 Å². The maximum Gasteiger partial charge on any atom is 0.306 e. The number of hydrogen-bond acceptors (Lipinski definition) is 2. The largest absolute Gasteiger partial charge is 0.461 e. The molecule has 18 heavy (non-hydrogen) atoms. The van der Waals surface area contributed by atoms with Gasteiger partial charge in [0.25, 0.3) is 0 Å². The highest BCUT2D eigenvalue weighted by Crippen LogP contribution is 2.08. The number of carbonyl (C=O) groups is 1. The van der Waals surface area contributed by atoms with Crippen molar-refractivity contribution in [2.45, 2.75) is 65.2 Å². The predicted octanol–water partition coefficient (Wildman–Crippen LogP) is 4.80. The molecule has 0 aliphatic heterocycles. The van der Waals surface area contributed by atoms with Gasteiger partial charge in [0.2, 0.25) is 0 Å². The molecule has 2 nitrogen and oxygen atoms in total. The Balaban J connectivity index is 3.26. The van der Waals surface area contributed by atoms with Crippen molar-refractivity contribution >= 4 is 5.97 Å². The van der Waals surface area contributed by atoms with Crippen molar-refractivity contribution in [3.05, 3.63) is 24.3 Å². The third-order valence-corrected chi connectivity index (χ3v) is 2.76. The van der Waals surface area contributed by atoms with E-state index < -0.39 is 0 Å².